The first-order valence-corrected chi connectivity index (χ1v) is 58.7. The van der Waals surface area contributed by atoms with E-state index in [9.17, 15) is 19.8 Å². The number of hydrogen-bond acceptors (Lipinski definition) is 20. The number of carbonyl (C=O) groups excluding carboxylic acids is 4. The molecule has 2 amide bonds. The number of hydrogen-bond donors (Lipinski definition) is 2. The second-order valence-electron chi connectivity index (χ2n) is 41.9. The Morgan fingerprint density at radius 1 is 0.404 bits per heavy atom. The summed E-state index contributed by atoms with van der Waals surface area (Å²) in [6, 6.07) is 15.6. The Morgan fingerprint density at radius 2 is 0.640 bits per heavy atom. The molecule has 0 spiro atoms. The zero-order valence-corrected chi connectivity index (χ0v) is 84.8. The van der Waals surface area contributed by atoms with Crippen LogP contribution >= 0.6 is 0 Å². The molecule has 14 atom stereocenters. The number of amides is 2. The van der Waals surface area contributed by atoms with Crippen molar-refractivity contribution in [1.29, 1.82) is 0 Å². The molecule has 2 N–H and O–H groups in total. The van der Waals surface area contributed by atoms with E-state index < -0.39 is 121 Å². The Morgan fingerprint density at radius 3 is 0.860 bits per heavy atom. The minimum atomic E-state index is -2.56. The van der Waals surface area contributed by atoms with Crippen molar-refractivity contribution in [2.45, 2.75) is 335 Å². The van der Waals surface area contributed by atoms with Gasteiger partial charge in [-0.15, -0.1) is 0 Å². The summed E-state index contributed by atoms with van der Waals surface area (Å²) >= 11 is 0. The lowest BCUT2D eigenvalue weighted by Gasteiger charge is -2.45. The number of carbonyl (C=O) groups is 4. The molecule has 2 heterocycles. The molecule has 2 aliphatic rings. The van der Waals surface area contributed by atoms with Gasteiger partial charge in [0.1, 0.15) is 34.3 Å². The van der Waals surface area contributed by atoms with Gasteiger partial charge in [0.2, 0.25) is 11.8 Å². The van der Waals surface area contributed by atoms with Crippen LogP contribution in [0.5, 0.6) is 11.5 Å². The fourth-order valence-electron chi connectivity index (χ4n) is 11.9. The second kappa shape index (κ2) is 40.8. The topological polar surface area (TPSA) is 251 Å². The molecule has 660 valence electrons. The summed E-state index contributed by atoms with van der Waals surface area (Å²) in [7, 11) is -5.66. The van der Waals surface area contributed by atoms with Crippen LogP contribution in [0.15, 0.2) is 48.5 Å². The number of rotatable bonds is 44. The van der Waals surface area contributed by atoms with Crippen LogP contribution in [0, 0.1) is 35.5 Å². The monoisotopic (exact) mass is 1710 g/mol. The number of aliphatic hydroxyl groups excluding tert-OH is 2. The molecule has 28 heteroatoms. The lowest BCUT2D eigenvalue weighted by Crippen LogP contribution is -2.56. The molecule has 22 nitrogen and oxygen atoms in total. The average Bonchev–Trinajstić information content (AvgIpc) is 1.57. The number of epoxide rings is 2. The van der Waals surface area contributed by atoms with E-state index in [4.69, 9.17) is 64.7 Å². The maximum absolute atomic E-state index is 15.5. The molecule has 2 saturated heterocycles. The summed E-state index contributed by atoms with van der Waals surface area (Å²) in [6.45, 7) is 75.0. The van der Waals surface area contributed by atoms with Gasteiger partial charge >= 0.3 is 0 Å². The van der Waals surface area contributed by atoms with Crippen molar-refractivity contribution in [2.24, 2.45) is 35.5 Å². The molecule has 0 radical (unpaired) electrons. The summed E-state index contributed by atoms with van der Waals surface area (Å²) in [5.74, 6) is -3.64. The smallest absolute Gasteiger partial charge is 0.248 e. The van der Waals surface area contributed by atoms with Crippen LogP contribution in [0.25, 0.3) is 0 Å². The number of Topliss-reactive ketones (excluding diaryl/α,β-unsaturated/α-hetero) is 2. The third kappa shape index (κ3) is 28.6. The van der Waals surface area contributed by atoms with E-state index >= 15 is 9.59 Å². The Balaban J connectivity index is 0.000000590. The summed E-state index contributed by atoms with van der Waals surface area (Å²) in [6.07, 6.45) is -5.29. The third-order valence-corrected chi connectivity index (χ3v) is 53.8. The normalized spacial score (nSPS) is 21.0. The molecule has 2 aromatic carbocycles. The molecule has 0 aromatic heterocycles. The summed E-state index contributed by atoms with van der Waals surface area (Å²) < 4.78 is 78.4. The van der Waals surface area contributed by atoms with Crippen LogP contribution in [0.3, 0.4) is 0 Å². The van der Waals surface area contributed by atoms with Gasteiger partial charge in [0.25, 0.3) is 0 Å². The molecule has 2 aromatic rings. The zero-order valence-electron chi connectivity index (χ0n) is 78.8. The standard InChI is InChI=1S/2C43H81NO10Si3/c2*1-30(26-50-27-31-21-23-32(48-13)24-22-31)38-43(11,53-38)39(54-57(19,20)42(8,9)10)34(29-52-56(17,18)41(5,6)7)37(47)33(28-51-55(15,16)40(2,3)4)35(45)25-36(46)44(12)49-14/h2*21-24,30,33-35,38-39,45H,25-29H2,1-20H3/t30-,33-,34-,35+,38+,39-,43+;30-,33-,34-,35-,38+,39-,43+/m00/s1. The van der Waals surface area contributed by atoms with Crippen LogP contribution in [-0.2, 0) is 87.6 Å². The summed E-state index contributed by atoms with van der Waals surface area (Å²) in [5.41, 5.74) is 0.346. The molecule has 2 fully saturated rings. The van der Waals surface area contributed by atoms with Crippen molar-refractivity contribution in [3.8, 4) is 11.5 Å². The Bertz CT molecular complexity index is 3120. The highest BCUT2D eigenvalue weighted by Gasteiger charge is 2.67. The highest BCUT2D eigenvalue weighted by molar-refractivity contribution is 6.76. The molecule has 0 saturated carbocycles. The minimum absolute atomic E-state index is 0.0265. The SMILES string of the molecule is COc1ccc(COC[C@H](C)[C@H]2O[C@@]2(C)[C@@H](O[Si](C)(C)C(C)(C)C)[C@@H](CO[Si](C)(C)C(C)(C)C)C(=O)[C@@H](CO[Si](C)(C)C(C)(C)C)[C@@H](O)CC(=O)N(C)OC)cc1.COc1ccc(COC[C@H](C)[C@H]2O[C@@]2(C)[C@@H](O[Si](C)(C)C(C)(C)C)[C@@H](CO[Si](C)(C)C(C)(C)C)C(=O)[C@@H](CO[Si](C)(C)C(C)(C)C)[C@H](O)CC(=O)N(C)OC)cc1. The van der Waals surface area contributed by atoms with Gasteiger partial charge in [0.15, 0.2) is 49.9 Å². The lowest BCUT2D eigenvalue weighted by molar-refractivity contribution is -0.172. The fraction of sp³-hybridized carbons (Fsp3) is 0.814. The van der Waals surface area contributed by atoms with E-state index in [0.29, 0.717) is 26.4 Å². The minimum Gasteiger partial charge on any atom is -0.497 e. The first-order valence-electron chi connectivity index (χ1n) is 41.3. The number of nitrogens with zero attached hydrogens (tertiary/aromatic N) is 2. The molecule has 0 aliphatic carbocycles. The lowest BCUT2D eigenvalue weighted by atomic mass is 9.79. The van der Waals surface area contributed by atoms with E-state index in [1.165, 1.54) is 28.3 Å². The van der Waals surface area contributed by atoms with Crippen molar-refractivity contribution in [3.05, 3.63) is 59.7 Å². The maximum atomic E-state index is 15.5. The average molecular weight is 1710 g/mol. The number of aliphatic hydroxyl groups is 2. The van der Waals surface area contributed by atoms with Gasteiger partial charge in [-0.25, -0.2) is 10.1 Å². The van der Waals surface area contributed by atoms with Crippen molar-refractivity contribution in [1.82, 2.24) is 10.1 Å². The van der Waals surface area contributed by atoms with Crippen molar-refractivity contribution in [3.63, 3.8) is 0 Å². The molecule has 0 bridgehead atoms. The van der Waals surface area contributed by atoms with Crippen molar-refractivity contribution < 1.29 is 94.0 Å². The van der Waals surface area contributed by atoms with Gasteiger partial charge in [0, 0.05) is 52.4 Å². The first-order chi connectivity index (χ1) is 51.5. The highest BCUT2D eigenvalue weighted by atomic mass is 28.4. The van der Waals surface area contributed by atoms with E-state index in [-0.39, 0.29) is 105 Å². The maximum Gasteiger partial charge on any atom is 0.248 e. The molecule has 114 heavy (non-hydrogen) atoms. The van der Waals surface area contributed by atoms with Gasteiger partial charge in [-0.2, -0.15) is 0 Å². The second-order valence-corrected chi connectivity index (χ2v) is 70.7. The number of methoxy groups -OCH3 is 2. The summed E-state index contributed by atoms with van der Waals surface area (Å²) in [4.78, 5) is 67.7. The zero-order chi connectivity index (χ0) is 88.3. The highest BCUT2D eigenvalue weighted by Crippen LogP contribution is 2.54. The van der Waals surface area contributed by atoms with Crippen LogP contribution in [-0.4, -0.2) is 224 Å². The van der Waals surface area contributed by atoms with E-state index in [2.05, 4.69) is 217 Å². The molecular formula is C86H162N2O20Si6. The number of ether oxygens (including phenoxy) is 6. The first kappa shape index (κ1) is 105. The van der Waals surface area contributed by atoms with Gasteiger partial charge in [0.05, 0.1) is 128 Å². The van der Waals surface area contributed by atoms with Crippen LogP contribution in [0.4, 0.5) is 0 Å². The quantitative estimate of drug-likeness (QED) is 0.0355. The predicted molar refractivity (Wildman–Crippen MR) is 472 cm³/mol. The fourth-order valence-corrected chi connectivity index (χ4v) is 18.8. The van der Waals surface area contributed by atoms with E-state index in [0.717, 1.165) is 32.8 Å². The molecule has 2 aliphatic heterocycles. The predicted octanol–water partition coefficient (Wildman–Crippen LogP) is 18.0. The van der Waals surface area contributed by atoms with Gasteiger partial charge < -0.3 is 65.2 Å². The Hall–Kier alpha value is -2.94. The largest absolute Gasteiger partial charge is 0.497 e. The molecular weight excluding hydrogens is 1550 g/mol. The molecule has 4 rings (SSSR count). The van der Waals surface area contributed by atoms with Gasteiger partial charge in [-0.3, -0.25) is 28.9 Å². The van der Waals surface area contributed by atoms with Gasteiger partial charge in [-0.1, -0.05) is 163 Å². The van der Waals surface area contributed by atoms with Crippen LogP contribution in [0.1, 0.15) is 176 Å². The third-order valence-electron chi connectivity index (χ3n) is 26.9. The van der Waals surface area contributed by atoms with Crippen molar-refractivity contribution in [2.75, 3.05) is 82.2 Å². The number of hydroxylamine groups is 4. The number of ketones is 2. The van der Waals surface area contributed by atoms with E-state index in [1.54, 1.807) is 14.2 Å². The summed E-state index contributed by atoms with van der Waals surface area (Å²) in [5, 5.41) is 25.0. The van der Waals surface area contributed by atoms with Gasteiger partial charge in [-0.05, 0) is 158 Å². The molecule has 0 unspecified atom stereocenters. The van der Waals surface area contributed by atoms with Crippen LogP contribution < -0.4 is 9.47 Å². The Labute approximate surface area is 697 Å². The van der Waals surface area contributed by atoms with Crippen molar-refractivity contribution >= 4 is 73.3 Å². The van der Waals surface area contributed by atoms with Crippen LogP contribution in [0.2, 0.25) is 109 Å². The van der Waals surface area contributed by atoms with E-state index in [1.807, 2.05) is 62.4 Å². The number of benzene rings is 2. The Kier molecular flexibility index (Phi) is 37.7.